The van der Waals surface area contributed by atoms with E-state index in [2.05, 4.69) is 15.1 Å². The third kappa shape index (κ3) is 5.12. The maximum absolute atomic E-state index is 12.5. The number of halogens is 1. The van der Waals surface area contributed by atoms with Gasteiger partial charge in [-0.2, -0.15) is 5.10 Å². The van der Waals surface area contributed by atoms with E-state index < -0.39 is 0 Å². The Kier molecular flexibility index (Phi) is 6.64. The molecule has 1 aliphatic heterocycles. The molecule has 0 aliphatic carbocycles. The molecular formula is C28H25ClN4O2. The normalized spacial score (nSPS) is 15.9. The van der Waals surface area contributed by atoms with E-state index >= 15 is 0 Å². The Morgan fingerprint density at radius 1 is 1.03 bits per heavy atom. The lowest BCUT2D eigenvalue weighted by Crippen LogP contribution is -2.36. The highest BCUT2D eigenvalue weighted by atomic mass is 35.5. The Hall–Kier alpha value is -3.90. The van der Waals surface area contributed by atoms with Crippen molar-refractivity contribution in [3.05, 3.63) is 107 Å². The number of amides is 2. The quantitative estimate of drug-likeness (QED) is 0.302. The van der Waals surface area contributed by atoms with E-state index in [-0.39, 0.29) is 24.3 Å². The van der Waals surface area contributed by atoms with E-state index in [9.17, 15) is 9.59 Å². The average Bonchev–Trinajstić information content (AvgIpc) is 3.41. The van der Waals surface area contributed by atoms with Crippen molar-refractivity contribution in [1.29, 1.82) is 0 Å². The number of benzene rings is 3. The minimum Gasteiger partial charge on any atom is -0.342 e. The van der Waals surface area contributed by atoms with Gasteiger partial charge in [0.1, 0.15) is 6.54 Å². The summed E-state index contributed by atoms with van der Waals surface area (Å²) in [5.41, 5.74) is 6.65. The van der Waals surface area contributed by atoms with Crippen LogP contribution in [0.2, 0.25) is 5.02 Å². The molecule has 2 heterocycles. The fraction of sp³-hybridized carbons (Fsp3) is 0.179. The third-order valence-electron chi connectivity index (χ3n) is 6.33. The average molecular weight is 485 g/mol. The van der Waals surface area contributed by atoms with Crippen LogP contribution in [-0.2, 0) is 16.1 Å². The van der Waals surface area contributed by atoms with E-state index in [1.54, 1.807) is 11.1 Å². The van der Waals surface area contributed by atoms with Crippen molar-refractivity contribution >= 4 is 40.5 Å². The van der Waals surface area contributed by atoms with Gasteiger partial charge in [0.2, 0.25) is 5.91 Å². The van der Waals surface area contributed by atoms with Gasteiger partial charge >= 0.3 is 0 Å². The highest BCUT2D eigenvalue weighted by molar-refractivity contribution is 6.31. The molecule has 0 spiro atoms. The summed E-state index contributed by atoms with van der Waals surface area (Å²) < 4.78 is 2.12. The zero-order valence-electron chi connectivity index (χ0n) is 19.1. The number of hydrogen-bond acceptors (Lipinski definition) is 3. The number of rotatable bonds is 7. The molecule has 3 aromatic carbocycles. The largest absolute Gasteiger partial charge is 0.342 e. The molecule has 1 aromatic heterocycles. The SMILES string of the molecule is O=C(CN1CC(c2ccccc2)CC1=O)NN=Cc1cn(Cc2ccccc2Cl)c2ccccc12. The van der Waals surface area contributed by atoms with Crippen molar-refractivity contribution in [1.82, 2.24) is 14.9 Å². The third-order valence-corrected chi connectivity index (χ3v) is 6.70. The van der Waals surface area contributed by atoms with Crippen molar-refractivity contribution in [3.63, 3.8) is 0 Å². The van der Waals surface area contributed by atoms with Crippen LogP contribution in [0.5, 0.6) is 0 Å². The molecule has 1 atom stereocenters. The number of nitrogens with zero attached hydrogens (tertiary/aromatic N) is 3. The number of hydrazone groups is 1. The molecule has 4 aromatic rings. The molecular weight excluding hydrogens is 460 g/mol. The lowest BCUT2D eigenvalue weighted by Gasteiger charge is -2.15. The Balaban J connectivity index is 1.24. The topological polar surface area (TPSA) is 66.7 Å². The molecule has 1 N–H and O–H groups in total. The molecule has 1 fully saturated rings. The first kappa shape index (κ1) is 22.9. The summed E-state index contributed by atoms with van der Waals surface area (Å²) in [5.74, 6) is -0.215. The van der Waals surface area contributed by atoms with Gasteiger partial charge in [-0.1, -0.05) is 78.3 Å². The molecule has 5 rings (SSSR count). The lowest BCUT2D eigenvalue weighted by atomic mass is 9.99. The van der Waals surface area contributed by atoms with Crippen LogP contribution in [0.15, 0.2) is 90.2 Å². The summed E-state index contributed by atoms with van der Waals surface area (Å²) in [4.78, 5) is 26.5. The second-order valence-electron chi connectivity index (χ2n) is 8.70. The molecule has 0 radical (unpaired) electrons. The predicted octanol–water partition coefficient (Wildman–Crippen LogP) is 4.81. The van der Waals surface area contributed by atoms with Crippen LogP contribution >= 0.6 is 11.6 Å². The van der Waals surface area contributed by atoms with Gasteiger partial charge in [-0.05, 0) is 23.3 Å². The van der Waals surface area contributed by atoms with Gasteiger partial charge in [0.25, 0.3) is 5.91 Å². The van der Waals surface area contributed by atoms with E-state index in [0.717, 1.165) is 32.6 Å². The van der Waals surface area contributed by atoms with Crippen LogP contribution < -0.4 is 5.43 Å². The van der Waals surface area contributed by atoms with Gasteiger partial charge in [0.05, 0.1) is 6.21 Å². The van der Waals surface area contributed by atoms with Gasteiger partial charge in [-0.25, -0.2) is 5.43 Å². The fourth-order valence-electron chi connectivity index (χ4n) is 4.58. The van der Waals surface area contributed by atoms with Crippen LogP contribution in [0.25, 0.3) is 10.9 Å². The number of nitrogens with one attached hydrogen (secondary N) is 1. The van der Waals surface area contributed by atoms with E-state index in [4.69, 9.17) is 11.6 Å². The van der Waals surface area contributed by atoms with Gasteiger partial charge in [-0.3, -0.25) is 9.59 Å². The number of carbonyl (C=O) groups is 2. The minimum atomic E-state index is -0.317. The standard InChI is InChI=1S/C28H25ClN4O2/c29-25-12-6-4-10-21(25)16-32-18-23(24-11-5-7-13-26(24)32)15-30-31-27(34)19-33-17-22(14-28(33)35)20-8-2-1-3-9-20/h1-13,15,18,22H,14,16-17,19H2,(H,31,34). The smallest absolute Gasteiger partial charge is 0.259 e. The first-order chi connectivity index (χ1) is 17.1. The Bertz CT molecular complexity index is 1400. The van der Waals surface area contributed by atoms with Gasteiger partial charge < -0.3 is 9.47 Å². The van der Waals surface area contributed by atoms with Crippen LogP contribution in [0.3, 0.4) is 0 Å². The molecule has 0 saturated carbocycles. The molecule has 7 heteroatoms. The number of aromatic nitrogens is 1. The van der Waals surface area contributed by atoms with Crippen molar-refractivity contribution in [3.8, 4) is 0 Å². The second-order valence-corrected chi connectivity index (χ2v) is 9.11. The summed E-state index contributed by atoms with van der Waals surface area (Å²) in [6.45, 7) is 1.16. The Morgan fingerprint density at radius 3 is 2.60 bits per heavy atom. The summed E-state index contributed by atoms with van der Waals surface area (Å²) in [6.07, 6.45) is 4.06. The van der Waals surface area contributed by atoms with Crippen molar-refractivity contribution in [2.45, 2.75) is 18.9 Å². The number of para-hydroxylation sites is 1. The first-order valence-corrected chi connectivity index (χ1v) is 11.9. The number of carbonyl (C=O) groups excluding carboxylic acids is 2. The minimum absolute atomic E-state index is 0.00618. The molecule has 176 valence electrons. The van der Waals surface area contributed by atoms with E-state index in [1.807, 2.05) is 85.1 Å². The van der Waals surface area contributed by atoms with Gasteiger partial charge in [0.15, 0.2) is 0 Å². The van der Waals surface area contributed by atoms with E-state index in [1.165, 1.54) is 0 Å². The van der Waals surface area contributed by atoms with Crippen LogP contribution in [0, 0.1) is 0 Å². The summed E-state index contributed by atoms with van der Waals surface area (Å²) >= 11 is 6.36. The number of fused-ring (bicyclic) bond motifs is 1. The molecule has 2 amide bonds. The van der Waals surface area contributed by atoms with Crippen molar-refractivity contribution in [2.75, 3.05) is 13.1 Å². The second kappa shape index (κ2) is 10.2. The summed E-state index contributed by atoms with van der Waals surface area (Å²) in [5, 5.41) is 5.92. The summed E-state index contributed by atoms with van der Waals surface area (Å²) in [6, 6.07) is 25.7. The zero-order chi connectivity index (χ0) is 24.2. The van der Waals surface area contributed by atoms with Gasteiger partial charge in [-0.15, -0.1) is 0 Å². The predicted molar refractivity (Wildman–Crippen MR) is 139 cm³/mol. The number of hydrogen-bond donors (Lipinski definition) is 1. The number of likely N-dealkylation sites (tertiary alicyclic amines) is 1. The maximum atomic E-state index is 12.5. The first-order valence-electron chi connectivity index (χ1n) is 11.5. The van der Waals surface area contributed by atoms with Crippen molar-refractivity contribution < 1.29 is 9.59 Å². The van der Waals surface area contributed by atoms with Crippen LogP contribution in [0.1, 0.15) is 29.0 Å². The van der Waals surface area contributed by atoms with Crippen LogP contribution in [-0.4, -0.2) is 40.6 Å². The Morgan fingerprint density at radius 2 is 1.77 bits per heavy atom. The van der Waals surface area contributed by atoms with Crippen LogP contribution in [0.4, 0.5) is 0 Å². The maximum Gasteiger partial charge on any atom is 0.259 e. The molecule has 1 unspecified atom stereocenters. The molecule has 1 aliphatic rings. The highest BCUT2D eigenvalue weighted by Crippen LogP contribution is 2.27. The van der Waals surface area contributed by atoms with E-state index in [0.29, 0.717) is 19.5 Å². The zero-order valence-corrected chi connectivity index (χ0v) is 19.9. The highest BCUT2D eigenvalue weighted by Gasteiger charge is 2.31. The van der Waals surface area contributed by atoms with Gasteiger partial charge in [0, 0.05) is 53.1 Å². The molecule has 1 saturated heterocycles. The molecule has 35 heavy (non-hydrogen) atoms. The monoisotopic (exact) mass is 484 g/mol. The summed E-state index contributed by atoms with van der Waals surface area (Å²) in [7, 11) is 0. The van der Waals surface area contributed by atoms with Crippen molar-refractivity contribution in [2.24, 2.45) is 5.10 Å². The Labute approximate surface area is 208 Å². The molecule has 6 nitrogen and oxygen atoms in total. The fourth-order valence-corrected chi connectivity index (χ4v) is 4.77. The lowest BCUT2D eigenvalue weighted by molar-refractivity contribution is -0.133. The molecule has 0 bridgehead atoms.